The van der Waals surface area contributed by atoms with Crippen molar-refractivity contribution in [2.24, 2.45) is 0 Å². The van der Waals surface area contributed by atoms with E-state index in [0.717, 1.165) is 0 Å². The minimum absolute atomic E-state index is 0.294. The number of carbonyl (C=O) groups is 1. The summed E-state index contributed by atoms with van der Waals surface area (Å²) < 4.78 is 31.9. The van der Waals surface area contributed by atoms with E-state index in [1.165, 1.54) is 41.6 Å². The molecular weight excluding hydrogens is 364 g/mol. The summed E-state index contributed by atoms with van der Waals surface area (Å²) in [5, 5.41) is 0. The molecule has 0 spiro atoms. The Bertz CT molecular complexity index is 872. The molecule has 28 heavy (non-hydrogen) atoms. The van der Waals surface area contributed by atoms with Crippen LogP contribution in [0.2, 0.25) is 0 Å². The molecule has 150 valence electrons. The van der Waals surface area contributed by atoms with E-state index in [2.05, 4.69) is 0 Å². The normalized spacial score (nSPS) is 10.5. The van der Waals surface area contributed by atoms with Gasteiger partial charge in [0.1, 0.15) is 11.5 Å². The first-order chi connectivity index (χ1) is 13.5. The van der Waals surface area contributed by atoms with Gasteiger partial charge >= 0.3 is 0 Å². The summed E-state index contributed by atoms with van der Waals surface area (Å²) in [4.78, 5) is 12.9. The minimum Gasteiger partial charge on any atom is -0.497 e. The minimum atomic E-state index is -0.294. The summed E-state index contributed by atoms with van der Waals surface area (Å²) in [6.45, 7) is 0. The second-order valence-corrected chi connectivity index (χ2v) is 5.56. The Morgan fingerprint density at radius 3 is 1.71 bits per heavy atom. The first-order valence-electron chi connectivity index (χ1n) is 8.35. The second-order valence-electron chi connectivity index (χ2n) is 5.56. The van der Waals surface area contributed by atoms with E-state index in [4.69, 9.17) is 28.4 Å². The van der Waals surface area contributed by atoms with E-state index in [0.29, 0.717) is 45.6 Å². The van der Waals surface area contributed by atoms with Crippen molar-refractivity contribution in [1.82, 2.24) is 0 Å². The molecule has 0 radical (unpaired) electrons. The van der Waals surface area contributed by atoms with Gasteiger partial charge in [-0.25, -0.2) is 0 Å². The number of ether oxygens (including phenoxy) is 6. The van der Waals surface area contributed by atoms with Gasteiger partial charge in [0, 0.05) is 17.7 Å². The van der Waals surface area contributed by atoms with Crippen LogP contribution in [-0.2, 0) is 0 Å². The van der Waals surface area contributed by atoms with Crippen molar-refractivity contribution in [2.45, 2.75) is 0 Å². The number of allylic oxidation sites excluding steroid dienone is 1. The summed E-state index contributed by atoms with van der Waals surface area (Å²) in [6.07, 6.45) is 3.03. The average Bonchev–Trinajstić information content (AvgIpc) is 2.75. The smallest absolute Gasteiger partial charge is 0.189 e. The van der Waals surface area contributed by atoms with Gasteiger partial charge in [-0.3, -0.25) is 4.79 Å². The fourth-order valence-corrected chi connectivity index (χ4v) is 2.70. The summed E-state index contributed by atoms with van der Waals surface area (Å²) in [5.74, 6) is 2.47. The van der Waals surface area contributed by atoms with Crippen molar-refractivity contribution < 1.29 is 33.2 Å². The highest BCUT2D eigenvalue weighted by molar-refractivity contribution is 6.09. The van der Waals surface area contributed by atoms with Crippen LogP contribution in [0.1, 0.15) is 15.9 Å². The third kappa shape index (κ3) is 4.31. The number of rotatable bonds is 9. The van der Waals surface area contributed by atoms with E-state index >= 15 is 0 Å². The maximum absolute atomic E-state index is 12.9. The first kappa shape index (κ1) is 21.0. The third-order valence-corrected chi connectivity index (χ3v) is 4.08. The lowest BCUT2D eigenvalue weighted by molar-refractivity contribution is 0.104. The van der Waals surface area contributed by atoms with Gasteiger partial charge in [-0.15, -0.1) is 0 Å². The van der Waals surface area contributed by atoms with Crippen LogP contribution in [0.15, 0.2) is 30.3 Å². The lowest BCUT2D eigenvalue weighted by atomic mass is 10.1. The first-order valence-corrected chi connectivity index (χ1v) is 8.35. The zero-order chi connectivity index (χ0) is 20.7. The zero-order valence-electron chi connectivity index (χ0n) is 16.8. The van der Waals surface area contributed by atoms with Gasteiger partial charge in [-0.05, 0) is 24.3 Å². The number of ketones is 1. The van der Waals surface area contributed by atoms with Gasteiger partial charge in [0.15, 0.2) is 28.8 Å². The molecule has 7 heteroatoms. The van der Waals surface area contributed by atoms with Crippen molar-refractivity contribution >= 4 is 11.9 Å². The SMILES string of the molecule is COc1cc(C=CC(=O)c2cc(OC)cc(OC)c2OC)c(OC)c(OC)c1. The number of methoxy groups -OCH3 is 6. The van der Waals surface area contributed by atoms with Crippen LogP contribution in [-0.4, -0.2) is 48.4 Å². The predicted molar refractivity (Wildman–Crippen MR) is 106 cm³/mol. The molecule has 0 atom stereocenters. The number of benzene rings is 2. The molecule has 2 rings (SSSR count). The largest absolute Gasteiger partial charge is 0.497 e. The van der Waals surface area contributed by atoms with Crippen molar-refractivity contribution in [2.75, 3.05) is 42.7 Å². The molecule has 0 amide bonds. The molecule has 0 fully saturated rings. The number of carbonyl (C=O) groups excluding carboxylic acids is 1. The Labute approximate surface area is 164 Å². The average molecular weight is 388 g/mol. The third-order valence-electron chi connectivity index (χ3n) is 4.08. The Kier molecular flexibility index (Phi) is 7.14. The fraction of sp³-hybridized carbons (Fsp3) is 0.286. The Hall–Kier alpha value is -3.35. The second kappa shape index (κ2) is 9.55. The van der Waals surface area contributed by atoms with Gasteiger partial charge < -0.3 is 28.4 Å². The quantitative estimate of drug-likeness (QED) is 0.480. The molecule has 0 heterocycles. The molecular formula is C21H24O7. The molecule has 0 unspecified atom stereocenters. The van der Waals surface area contributed by atoms with Gasteiger partial charge in [0.25, 0.3) is 0 Å². The van der Waals surface area contributed by atoms with Crippen molar-refractivity contribution in [1.29, 1.82) is 0 Å². The highest BCUT2D eigenvalue weighted by Gasteiger charge is 2.18. The molecule has 0 N–H and O–H groups in total. The van der Waals surface area contributed by atoms with Gasteiger partial charge in [0.05, 0.1) is 48.2 Å². The van der Waals surface area contributed by atoms with E-state index in [1.54, 1.807) is 37.5 Å². The standard InChI is InChI=1S/C21H24O7/c1-23-14-9-13(20(27-5)18(11-14)25-3)7-8-17(22)16-10-15(24-2)12-19(26-4)21(16)28-6/h7-12H,1-6H3. The number of hydrogen-bond donors (Lipinski definition) is 0. The monoisotopic (exact) mass is 388 g/mol. The summed E-state index contributed by atoms with van der Waals surface area (Å²) in [5.41, 5.74) is 0.935. The summed E-state index contributed by atoms with van der Waals surface area (Å²) in [6, 6.07) is 6.69. The summed E-state index contributed by atoms with van der Waals surface area (Å²) >= 11 is 0. The van der Waals surface area contributed by atoms with Gasteiger partial charge in [0.2, 0.25) is 0 Å². The molecule has 0 aliphatic carbocycles. The predicted octanol–water partition coefficient (Wildman–Crippen LogP) is 3.63. The van der Waals surface area contributed by atoms with Crippen molar-refractivity contribution in [3.05, 3.63) is 41.5 Å². The fourth-order valence-electron chi connectivity index (χ4n) is 2.70. The van der Waals surface area contributed by atoms with E-state index in [1.807, 2.05) is 0 Å². The van der Waals surface area contributed by atoms with Crippen LogP contribution in [0.5, 0.6) is 34.5 Å². The molecule has 0 aliphatic heterocycles. The Morgan fingerprint density at radius 1 is 0.679 bits per heavy atom. The van der Waals surface area contributed by atoms with E-state index < -0.39 is 0 Å². The van der Waals surface area contributed by atoms with Crippen LogP contribution < -0.4 is 28.4 Å². The van der Waals surface area contributed by atoms with E-state index in [-0.39, 0.29) is 5.78 Å². The molecule has 2 aromatic rings. The molecule has 7 nitrogen and oxygen atoms in total. The van der Waals surface area contributed by atoms with E-state index in [9.17, 15) is 4.79 Å². The van der Waals surface area contributed by atoms with Crippen LogP contribution >= 0.6 is 0 Å². The van der Waals surface area contributed by atoms with Crippen LogP contribution in [0.4, 0.5) is 0 Å². The van der Waals surface area contributed by atoms with Crippen LogP contribution in [0, 0.1) is 0 Å². The molecule has 0 saturated carbocycles. The Balaban J connectivity index is 2.49. The van der Waals surface area contributed by atoms with Gasteiger partial charge in [-0.2, -0.15) is 0 Å². The van der Waals surface area contributed by atoms with Gasteiger partial charge in [-0.1, -0.05) is 0 Å². The molecule has 0 bridgehead atoms. The maximum atomic E-state index is 12.9. The lowest BCUT2D eigenvalue weighted by Gasteiger charge is -2.14. The highest BCUT2D eigenvalue weighted by atomic mass is 16.5. The number of hydrogen-bond acceptors (Lipinski definition) is 7. The zero-order valence-corrected chi connectivity index (χ0v) is 16.8. The molecule has 0 aliphatic rings. The van der Waals surface area contributed by atoms with Crippen molar-refractivity contribution in [3.8, 4) is 34.5 Å². The van der Waals surface area contributed by atoms with Crippen LogP contribution in [0.3, 0.4) is 0 Å². The molecule has 0 saturated heterocycles. The molecule has 2 aromatic carbocycles. The molecule has 0 aromatic heterocycles. The topological polar surface area (TPSA) is 72.5 Å². The van der Waals surface area contributed by atoms with Crippen LogP contribution in [0.25, 0.3) is 6.08 Å². The summed E-state index contributed by atoms with van der Waals surface area (Å²) in [7, 11) is 9.09. The lowest BCUT2D eigenvalue weighted by Crippen LogP contribution is -2.02. The van der Waals surface area contributed by atoms with Crippen molar-refractivity contribution in [3.63, 3.8) is 0 Å². The maximum Gasteiger partial charge on any atom is 0.189 e. The Morgan fingerprint density at radius 2 is 1.21 bits per heavy atom. The highest BCUT2D eigenvalue weighted by Crippen LogP contribution is 2.38.